The average molecular weight is 210 g/mol. The Labute approximate surface area is 89.0 Å². The zero-order valence-corrected chi connectivity index (χ0v) is 8.83. The van der Waals surface area contributed by atoms with Gasteiger partial charge in [-0.2, -0.15) is 0 Å². The number of carbonyl (C=O) groups excluding carboxylic acids is 1. The van der Waals surface area contributed by atoms with Gasteiger partial charge in [-0.15, -0.1) is 0 Å². The average Bonchev–Trinajstić information content (AvgIpc) is 3.16. The van der Waals surface area contributed by atoms with Crippen LogP contribution in [0.25, 0.3) is 0 Å². The fourth-order valence-electron chi connectivity index (χ4n) is 0.921. The van der Waals surface area contributed by atoms with Crippen molar-refractivity contribution >= 4 is 5.97 Å². The van der Waals surface area contributed by atoms with E-state index in [-0.39, 0.29) is 5.56 Å². The van der Waals surface area contributed by atoms with Crippen LogP contribution in [-0.4, -0.2) is 5.97 Å². The number of rotatable bonds is 2. The summed E-state index contributed by atoms with van der Waals surface area (Å²) < 4.78 is 11.4. The Balaban J connectivity index is 0.000000319. The van der Waals surface area contributed by atoms with Crippen LogP contribution in [0.1, 0.15) is 42.1 Å². The van der Waals surface area contributed by atoms with E-state index in [0.717, 1.165) is 12.0 Å². The van der Waals surface area contributed by atoms with Gasteiger partial charge in [-0.1, -0.05) is 38.3 Å². The normalized spacial score (nSPS) is 12.4. The van der Waals surface area contributed by atoms with Gasteiger partial charge in [0.15, 0.2) is 0 Å². The lowest BCUT2D eigenvalue weighted by atomic mass is 10.1. The standard InChI is InChI=1S/C9H9FO2.C3H6/c1-2-7-3-5-8(6-4-7)9(11)12-10;1-2-3-1/h3-6H,2H2,1H3;1-3H2. The van der Waals surface area contributed by atoms with E-state index < -0.39 is 5.97 Å². The molecule has 0 unspecified atom stereocenters. The highest BCUT2D eigenvalue weighted by Crippen LogP contribution is 2.14. The van der Waals surface area contributed by atoms with E-state index in [2.05, 4.69) is 4.94 Å². The van der Waals surface area contributed by atoms with Crippen LogP contribution in [0.3, 0.4) is 0 Å². The minimum Gasteiger partial charge on any atom is -0.249 e. The number of hydrogen-bond donors (Lipinski definition) is 0. The van der Waals surface area contributed by atoms with E-state index in [1.54, 1.807) is 24.3 Å². The van der Waals surface area contributed by atoms with Crippen LogP contribution in [0.4, 0.5) is 4.53 Å². The number of aryl methyl sites for hydroxylation is 1. The molecule has 1 fully saturated rings. The summed E-state index contributed by atoms with van der Waals surface area (Å²) in [6.45, 7) is 2.00. The van der Waals surface area contributed by atoms with E-state index >= 15 is 0 Å². The number of halogens is 1. The van der Waals surface area contributed by atoms with Crippen molar-refractivity contribution in [1.29, 1.82) is 0 Å². The predicted molar refractivity (Wildman–Crippen MR) is 56.2 cm³/mol. The molecule has 0 aliphatic heterocycles. The number of carbonyl (C=O) groups is 1. The maximum atomic E-state index is 11.4. The molecule has 0 aromatic heterocycles. The quantitative estimate of drug-likeness (QED) is 0.747. The highest BCUT2D eigenvalue weighted by atomic mass is 19.3. The lowest BCUT2D eigenvalue weighted by molar-refractivity contribution is -0.0788. The second kappa shape index (κ2) is 6.17. The Hall–Kier alpha value is -1.38. The van der Waals surface area contributed by atoms with Crippen LogP contribution in [0.2, 0.25) is 0 Å². The van der Waals surface area contributed by atoms with Gasteiger partial charge in [0.25, 0.3) is 0 Å². The van der Waals surface area contributed by atoms with Crippen molar-refractivity contribution in [2.24, 2.45) is 0 Å². The Morgan fingerprint density at radius 3 is 2.13 bits per heavy atom. The summed E-state index contributed by atoms with van der Waals surface area (Å²) in [5.74, 6) is -0.947. The van der Waals surface area contributed by atoms with Crippen molar-refractivity contribution in [3.8, 4) is 0 Å². The van der Waals surface area contributed by atoms with E-state index in [1.807, 2.05) is 6.92 Å². The summed E-state index contributed by atoms with van der Waals surface area (Å²) in [5.41, 5.74) is 1.33. The van der Waals surface area contributed by atoms with Crippen LogP contribution in [0.5, 0.6) is 0 Å². The molecule has 0 radical (unpaired) electrons. The Morgan fingerprint density at radius 2 is 1.80 bits per heavy atom. The van der Waals surface area contributed by atoms with Crippen LogP contribution in [0.15, 0.2) is 24.3 Å². The molecule has 1 aliphatic carbocycles. The highest BCUT2D eigenvalue weighted by molar-refractivity contribution is 5.88. The van der Waals surface area contributed by atoms with Gasteiger partial charge >= 0.3 is 5.97 Å². The van der Waals surface area contributed by atoms with Gasteiger partial charge in [-0.25, -0.2) is 9.74 Å². The van der Waals surface area contributed by atoms with Crippen molar-refractivity contribution in [1.82, 2.24) is 0 Å². The first-order valence-electron chi connectivity index (χ1n) is 5.19. The maximum Gasteiger partial charge on any atom is 0.379 e. The smallest absolute Gasteiger partial charge is 0.249 e. The zero-order valence-electron chi connectivity index (χ0n) is 8.83. The summed E-state index contributed by atoms with van der Waals surface area (Å²) in [7, 11) is 0. The minimum atomic E-state index is -0.947. The summed E-state index contributed by atoms with van der Waals surface area (Å²) >= 11 is 0. The summed E-state index contributed by atoms with van der Waals surface area (Å²) in [4.78, 5) is 13.7. The molecule has 0 atom stereocenters. The van der Waals surface area contributed by atoms with Crippen molar-refractivity contribution in [3.05, 3.63) is 35.4 Å². The van der Waals surface area contributed by atoms with Crippen LogP contribution < -0.4 is 0 Å². The topological polar surface area (TPSA) is 26.3 Å². The van der Waals surface area contributed by atoms with E-state index in [1.165, 1.54) is 19.3 Å². The van der Waals surface area contributed by atoms with E-state index in [9.17, 15) is 9.32 Å². The maximum absolute atomic E-state index is 11.4. The summed E-state index contributed by atoms with van der Waals surface area (Å²) in [6.07, 6.45) is 5.39. The fourth-order valence-corrected chi connectivity index (χ4v) is 0.921. The molecule has 15 heavy (non-hydrogen) atoms. The van der Waals surface area contributed by atoms with E-state index in [0.29, 0.717) is 0 Å². The van der Waals surface area contributed by atoms with Crippen LogP contribution in [0, 0.1) is 0 Å². The molecule has 0 bridgehead atoms. The summed E-state index contributed by atoms with van der Waals surface area (Å²) in [5, 5.41) is 0. The zero-order chi connectivity index (χ0) is 11.1. The Morgan fingerprint density at radius 1 is 1.27 bits per heavy atom. The molecule has 0 saturated heterocycles. The SMILES string of the molecule is C1CC1.CCc1ccc(C(=O)OF)cc1. The lowest BCUT2D eigenvalue weighted by Crippen LogP contribution is -1.98. The molecule has 0 spiro atoms. The molecule has 0 amide bonds. The third kappa shape index (κ3) is 4.58. The van der Waals surface area contributed by atoms with Gasteiger partial charge in [0.05, 0.1) is 5.56 Å². The first-order chi connectivity index (χ1) is 7.27. The monoisotopic (exact) mass is 210 g/mol. The molecule has 2 rings (SSSR count). The third-order valence-electron chi connectivity index (χ3n) is 2.02. The molecule has 1 aromatic carbocycles. The molecule has 1 aliphatic rings. The fraction of sp³-hybridized carbons (Fsp3) is 0.417. The van der Waals surface area contributed by atoms with Gasteiger partial charge in [0.1, 0.15) is 0 Å². The summed E-state index contributed by atoms with van der Waals surface area (Å²) in [6, 6.07) is 6.62. The minimum absolute atomic E-state index is 0.231. The molecule has 82 valence electrons. The highest BCUT2D eigenvalue weighted by Gasteiger charge is 2.05. The van der Waals surface area contributed by atoms with Crippen LogP contribution >= 0.6 is 0 Å². The van der Waals surface area contributed by atoms with Gasteiger partial charge in [-0.3, -0.25) is 0 Å². The van der Waals surface area contributed by atoms with Gasteiger partial charge < -0.3 is 0 Å². The number of hydrogen-bond acceptors (Lipinski definition) is 2. The van der Waals surface area contributed by atoms with Crippen molar-refractivity contribution in [2.45, 2.75) is 32.6 Å². The van der Waals surface area contributed by atoms with Crippen molar-refractivity contribution < 1.29 is 14.3 Å². The molecule has 1 saturated carbocycles. The van der Waals surface area contributed by atoms with Crippen LogP contribution in [-0.2, 0) is 11.4 Å². The second-order valence-electron chi connectivity index (χ2n) is 3.48. The van der Waals surface area contributed by atoms with Crippen molar-refractivity contribution in [3.63, 3.8) is 0 Å². The Bertz CT molecular complexity index is 301. The first-order valence-corrected chi connectivity index (χ1v) is 5.19. The molecule has 0 N–H and O–H groups in total. The molecule has 0 heterocycles. The molecule has 3 heteroatoms. The first kappa shape index (κ1) is 11.7. The molecular weight excluding hydrogens is 195 g/mol. The Kier molecular flexibility index (Phi) is 4.81. The molecular formula is C12H15FO2. The molecule has 1 aromatic rings. The van der Waals surface area contributed by atoms with Gasteiger partial charge in [0.2, 0.25) is 0 Å². The lowest BCUT2D eigenvalue weighted by Gasteiger charge is -1.97. The van der Waals surface area contributed by atoms with Crippen molar-refractivity contribution in [2.75, 3.05) is 0 Å². The molecule has 2 nitrogen and oxygen atoms in total. The third-order valence-corrected chi connectivity index (χ3v) is 2.02. The largest absolute Gasteiger partial charge is 0.379 e. The van der Waals surface area contributed by atoms with Gasteiger partial charge in [-0.05, 0) is 24.1 Å². The van der Waals surface area contributed by atoms with E-state index in [4.69, 9.17) is 0 Å². The predicted octanol–water partition coefficient (Wildman–Crippen LogP) is 3.46. The van der Waals surface area contributed by atoms with Gasteiger partial charge in [0, 0.05) is 4.53 Å². The number of benzene rings is 1. The second-order valence-corrected chi connectivity index (χ2v) is 3.48.